The molecule has 0 amide bonds. The van der Waals surface area contributed by atoms with Gasteiger partial charge in [0.25, 0.3) is 0 Å². The molecule has 1 aliphatic rings. The fourth-order valence-corrected chi connectivity index (χ4v) is 2.72. The monoisotopic (exact) mass is 247 g/mol. The molecule has 0 spiro atoms. The van der Waals surface area contributed by atoms with Crippen molar-refractivity contribution >= 4 is 5.69 Å². The molecular weight excluding hydrogens is 222 g/mol. The third kappa shape index (κ3) is 3.22. The van der Waals surface area contributed by atoms with Gasteiger partial charge < -0.3 is 10.2 Å². The Bertz CT molecular complexity index is 365. The predicted molar refractivity (Wildman–Crippen MR) is 76.9 cm³/mol. The standard InChI is InChI=1S/C15H25N3/c1-3-16-11-14-8-9-17-12-15(14)18-10-6-4-5-7-13(18)2/h8-9,12-13,16H,3-7,10-11H2,1-2H3. The van der Waals surface area contributed by atoms with Crippen molar-refractivity contribution in [1.82, 2.24) is 10.3 Å². The van der Waals surface area contributed by atoms with Crippen LogP contribution >= 0.6 is 0 Å². The summed E-state index contributed by atoms with van der Waals surface area (Å²) in [6.45, 7) is 7.62. The number of nitrogens with zero attached hydrogens (tertiary/aromatic N) is 2. The zero-order valence-electron chi connectivity index (χ0n) is 11.7. The van der Waals surface area contributed by atoms with Crippen LogP contribution in [0.3, 0.4) is 0 Å². The van der Waals surface area contributed by atoms with Gasteiger partial charge in [0.1, 0.15) is 0 Å². The number of nitrogens with one attached hydrogen (secondary N) is 1. The van der Waals surface area contributed by atoms with Crippen molar-refractivity contribution in [2.75, 3.05) is 18.0 Å². The van der Waals surface area contributed by atoms with E-state index in [2.05, 4.69) is 35.1 Å². The molecule has 18 heavy (non-hydrogen) atoms. The maximum Gasteiger partial charge on any atom is 0.0600 e. The SMILES string of the molecule is CCNCc1ccncc1N1CCCCCC1C. The van der Waals surface area contributed by atoms with E-state index in [1.54, 1.807) is 0 Å². The summed E-state index contributed by atoms with van der Waals surface area (Å²) >= 11 is 0. The Morgan fingerprint density at radius 1 is 1.39 bits per heavy atom. The first-order chi connectivity index (χ1) is 8.83. The lowest BCUT2D eigenvalue weighted by molar-refractivity contribution is 0.611. The maximum atomic E-state index is 4.32. The predicted octanol–water partition coefficient (Wildman–Crippen LogP) is 2.96. The molecule has 1 atom stereocenters. The van der Waals surface area contributed by atoms with E-state index in [4.69, 9.17) is 0 Å². The third-order valence-corrected chi connectivity index (χ3v) is 3.82. The fourth-order valence-electron chi connectivity index (χ4n) is 2.72. The number of hydrogen-bond donors (Lipinski definition) is 1. The molecule has 1 saturated heterocycles. The van der Waals surface area contributed by atoms with Crippen molar-refractivity contribution in [3.05, 3.63) is 24.0 Å². The van der Waals surface area contributed by atoms with Crippen molar-refractivity contribution in [1.29, 1.82) is 0 Å². The third-order valence-electron chi connectivity index (χ3n) is 3.82. The van der Waals surface area contributed by atoms with E-state index in [0.717, 1.165) is 13.1 Å². The Morgan fingerprint density at radius 2 is 2.28 bits per heavy atom. The molecule has 0 aromatic carbocycles. The lowest BCUT2D eigenvalue weighted by Crippen LogP contribution is -2.33. The van der Waals surface area contributed by atoms with Gasteiger partial charge in [-0.1, -0.05) is 19.8 Å². The zero-order chi connectivity index (χ0) is 12.8. The molecule has 1 aliphatic heterocycles. The van der Waals surface area contributed by atoms with E-state index in [-0.39, 0.29) is 0 Å². The van der Waals surface area contributed by atoms with Crippen LogP contribution in [0.4, 0.5) is 5.69 Å². The molecule has 1 fully saturated rings. The molecule has 1 unspecified atom stereocenters. The minimum absolute atomic E-state index is 0.636. The Labute approximate surface area is 111 Å². The van der Waals surface area contributed by atoms with Gasteiger partial charge in [0.05, 0.1) is 11.9 Å². The Hall–Kier alpha value is -1.09. The van der Waals surface area contributed by atoms with Gasteiger partial charge in [-0.05, 0) is 37.9 Å². The quantitative estimate of drug-likeness (QED) is 0.886. The highest BCUT2D eigenvalue weighted by Gasteiger charge is 2.19. The first-order valence-corrected chi connectivity index (χ1v) is 7.23. The molecule has 2 heterocycles. The van der Waals surface area contributed by atoms with Crippen LogP contribution in [-0.2, 0) is 6.54 Å². The van der Waals surface area contributed by atoms with Crippen LogP contribution in [0.1, 0.15) is 45.1 Å². The first kappa shape index (κ1) is 13.3. The molecule has 2 rings (SSSR count). The lowest BCUT2D eigenvalue weighted by Gasteiger charge is -2.31. The van der Waals surface area contributed by atoms with Crippen LogP contribution in [0, 0.1) is 0 Å². The van der Waals surface area contributed by atoms with E-state index in [9.17, 15) is 0 Å². The normalized spacial score (nSPS) is 20.8. The number of anilines is 1. The van der Waals surface area contributed by atoms with Gasteiger partial charge in [-0.15, -0.1) is 0 Å². The van der Waals surface area contributed by atoms with Gasteiger partial charge in [-0.3, -0.25) is 4.98 Å². The van der Waals surface area contributed by atoms with Crippen molar-refractivity contribution in [3.63, 3.8) is 0 Å². The summed E-state index contributed by atoms with van der Waals surface area (Å²) in [7, 11) is 0. The molecule has 3 heteroatoms. The first-order valence-electron chi connectivity index (χ1n) is 7.23. The highest BCUT2D eigenvalue weighted by molar-refractivity contribution is 5.52. The summed E-state index contributed by atoms with van der Waals surface area (Å²) in [6.07, 6.45) is 9.27. The highest BCUT2D eigenvalue weighted by atomic mass is 15.2. The molecule has 1 N–H and O–H groups in total. The largest absolute Gasteiger partial charge is 0.367 e. The maximum absolute atomic E-state index is 4.32. The Balaban J connectivity index is 2.19. The van der Waals surface area contributed by atoms with Crippen molar-refractivity contribution in [2.24, 2.45) is 0 Å². The molecule has 0 saturated carbocycles. The summed E-state index contributed by atoms with van der Waals surface area (Å²) in [4.78, 5) is 6.87. The van der Waals surface area contributed by atoms with Crippen LogP contribution in [0.25, 0.3) is 0 Å². The molecular formula is C15H25N3. The average Bonchev–Trinajstić information content (AvgIpc) is 2.61. The van der Waals surface area contributed by atoms with Crippen LogP contribution in [0.5, 0.6) is 0 Å². The molecule has 1 aromatic rings. The van der Waals surface area contributed by atoms with Gasteiger partial charge in [-0.25, -0.2) is 0 Å². The molecule has 100 valence electrons. The summed E-state index contributed by atoms with van der Waals surface area (Å²) in [5.74, 6) is 0. The molecule has 0 aliphatic carbocycles. The van der Waals surface area contributed by atoms with Gasteiger partial charge in [-0.2, -0.15) is 0 Å². The van der Waals surface area contributed by atoms with Gasteiger partial charge in [0.2, 0.25) is 0 Å². The Morgan fingerprint density at radius 3 is 3.11 bits per heavy atom. The van der Waals surface area contributed by atoms with Crippen LogP contribution in [0.2, 0.25) is 0 Å². The van der Waals surface area contributed by atoms with E-state index in [1.165, 1.54) is 43.5 Å². The summed E-state index contributed by atoms with van der Waals surface area (Å²) in [5, 5.41) is 3.42. The van der Waals surface area contributed by atoms with Crippen molar-refractivity contribution in [2.45, 2.75) is 52.1 Å². The van der Waals surface area contributed by atoms with Gasteiger partial charge >= 0.3 is 0 Å². The van der Waals surface area contributed by atoms with E-state index in [1.807, 2.05) is 12.4 Å². The van der Waals surface area contributed by atoms with E-state index < -0.39 is 0 Å². The second-order valence-corrected chi connectivity index (χ2v) is 5.18. The van der Waals surface area contributed by atoms with Crippen LogP contribution in [0.15, 0.2) is 18.5 Å². The van der Waals surface area contributed by atoms with Crippen molar-refractivity contribution in [3.8, 4) is 0 Å². The average molecular weight is 247 g/mol. The number of hydrogen-bond acceptors (Lipinski definition) is 3. The Kier molecular flexibility index (Phi) is 5.00. The molecule has 0 bridgehead atoms. The number of pyridine rings is 1. The van der Waals surface area contributed by atoms with Gasteiger partial charge in [0, 0.05) is 25.3 Å². The van der Waals surface area contributed by atoms with Gasteiger partial charge in [0.15, 0.2) is 0 Å². The second kappa shape index (κ2) is 6.74. The lowest BCUT2D eigenvalue weighted by atomic mass is 10.1. The second-order valence-electron chi connectivity index (χ2n) is 5.18. The minimum Gasteiger partial charge on any atom is -0.367 e. The number of rotatable bonds is 4. The van der Waals surface area contributed by atoms with E-state index >= 15 is 0 Å². The summed E-state index contributed by atoms with van der Waals surface area (Å²) in [5.41, 5.74) is 2.70. The summed E-state index contributed by atoms with van der Waals surface area (Å²) in [6, 6.07) is 2.78. The topological polar surface area (TPSA) is 28.2 Å². The summed E-state index contributed by atoms with van der Waals surface area (Å²) < 4.78 is 0. The smallest absolute Gasteiger partial charge is 0.0600 e. The highest BCUT2D eigenvalue weighted by Crippen LogP contribution is 2.26. The molecule has 0 radical (unpaired) electrons. The van der Waals surface area contributed by atoms with E-state index in [0.29, 0.717) is 6.04 Å². The fraction of sp³-hybridized carbons (Fsp3) is 0.667. The minimum atomic E-state index is 0.636. The van der Waals surface area contributed by atoms with Crippen molar-refractivity contribution < 1.29 is 0 Å². The molecule has 1 aromatic heterocycles. The molecule has 3 nitrogen and oxygen atoms in total. The van der Waals surface area contributed by atoms with Crippen LogP contribution in [-0.4, -0.2) is 24.1 Å². The number of aromatic nitrogens is 1. The van der Waals surface area contributed by atoms with Crippen LogP contribution < -0.4 is 10.2 Å². The zero-order valence-corrected chi connectivity index (χ0v) is 11.7.